The molecule has 0 aromatic heterocycles. The predicted octanol–water partition coefficient (Wildman–Crippen LogP) is 4.66. The van der Waals surface area contributed by atoms with Crippen LogP contribution in [0.1, 0.15) is 26.3 Å². The van der Waals surface area contributed by atoms with Crippen LogP contribution in [-0.4, -0.2) is 23.6 Å². The summed E-state index contributed by atoms with van der Waals surface area (Å²) in [5, 5.41) is 5.36. The van der Waals surface area contributed by atoms with Gasteiger partial charge in [0.1, 0.15) is 17.5 Å². The third kappa shape index (κ3) is 7.38. The maximum Gasteiger partial charge on any atom is 0.408 e. The fourth-order valence-electron chi connectivity index (χ4n) is 2.31. The molecule has 2 aromatic carbocycles. The molecule has 0 spiro atoms. The van der Waals surface area contributed by atoms with Crippen LogP contribution in [0.25, 0.3) is 0 Å². The Balaban J connectivity index is 2.15. The third-order valence-corrected chi connectivity index (χ3v) is 3.95. The molecule has 0 bridgehead atoms. The van der Waals surface area contributed by atoms with Gasteiger partial charge in [-0.3, -0.25) is 4.79 Å². The molecule has 1 atom stereocenters. The number of alkyl carbamates (subject to hydrolysis) is 1. The first-order valence-corrected chi connectivity index (χ1v) is 9.22. The SMILES string of the molecule is CC(C)(C)OC(=O)NC(Cc1ccc(F)cc1)C(=O)Nc1cccc(Br)c1. The number of nitrogens with one attached hydrogen (secondary N) is 2. The number of ether oxygens (including phenoxy) is 1. The monoisotopic (exact) mass is 436 g/mol. The molecule has 5 nitrogen and oxygen atoms in total. The van der Waals surface area contributed by atoms with Gasteiger partial charge in [0.15, 0.2) is 0 Å². The molecule has 0 fully saturated rings. The molecule has 0 aliphatic rings. The molecule has 2 rings (SSSR count). The molecule has 2 amide bonds. The number of hydrogen-bond acceptors (Lipinski definition) is 3. The molecule has 144 valence electrons. The van der Waals surface area contributed by atoms with Crippen molar-refractivity contribution in [2.45, 2.75) is 38.8 Å². The van der Waals surface area contributed by atoms with Crippen molar-refractivity contribution >= 4 is 33.6 Å². The average molecular weight is 437 g/mol. The molecule has 1 unspecified atom stereocenters. The van der Waals surface area contributed by atoms with E-state index in [-0.39, 0.29) is 12.2 Å². The minimum atomic E-state index is -0.885. The summed E-state index contributed by atoms with van der Waals surface area (Å²) in [6, 6.07) is 12.0. The number of rotatable bonds is 5. The average Bonchev–Trinajstić information content (AvgIpc) is 2.54. The normalized spacial score (nSPS) is 12.2. The lowest BCUT2D eigenvalue weighted by atomic mass is 10.1. The van der Waals surface area contributed by atoms with E-state index in [0.717, 1.165) is 4.47 Å². The highest BCUT2D eigenvalue weighted by atomic mass is 79.9. The summed E-state index contributed by atoms with van der Waals surface area (Å²) in [5.41, 5.74) is 0.608. The van der Waals surface area contributed by atoms with Gasteiger partial charge in [-0.2, -0.15) is 0 Å². The highest BCUT2D eigenvalue weighted by molar-refractivity contribution is 9.10. The van der Waals surface area contributed by atoms with Gasteiger partial charge in [0.25, 0.3) is 0 Å². The van der Waals surface area contributed by atoms with Gasteiger partial charge in [-0.15, -0.1) is 0 Å². The highest BCUT2D eigenvalue weighted by Crippen LogP contribution is 2.17. The Kier molecular flexibility index (Phi) is 6.96. The Morgan fingerprint density at radius 3 is 2.41 bits per heavy atom. The van der Waals surface area contributed by atoms with Crippen LogP contribution >= 0.6 is 15.9 Å². The molecule has 0 aliphatic carbocycles. The van der Waals surface area contributed by atoms with E-state index in [1.54, 1.807) is 51.1 Å². The molecule has 0 saturated carbocycles. The van der Waals surface area contributed by atoms with E-state index in [4.69, 9.17) is 4.74 Å². The smallest absolute Gasteiger partial charge is 0.408 e. The van der Waals surface area contributed by atoms with Gasteiger partial charge in [0.2, 0.25) is 5.91 Å². The second-order valence-electron chi connectivity index (χ2n) is 7.03. The molecule has 0 aliphatic heterocycles. The zero-order chi connectivity index (χ0) is 20.0. The summed E-state index contributed by atoms with van der Waals surface area (Å²) in [5.74, 6) is -0.766. The molecule has 27 heavy (non-hydrogen) atoms. The molecule has 2 aromatic rings. The number of anilines is 1. The van der Waals surface area contributed by atoms with Crippen LogP contribution in [-0.2, 0) is 16.0 Å². The summed E-state index contributed by atoms with van der Waals surface area (Å²) < 4.78 is 19.2. The van der Waals surface area contributed by atoms with E-state index < -0.39 is 23.6 Å². The summed E-state index contributed by atoms with van der Waals surface area (Å²) in [7, 11) is 0. The Hall–Kier alpha value is -2.41. The predicted molar refractivity (Wildman–Crippen MR) is 106 cm³/mol. The van der Waals surface area contributed by atoms with Crippen molar-refractivity contribution in [2.75, 3.05) is 5.32 Å². The van der Waals surface area contributed by atoms with Crippen LogP contribution in [0, 0.1) is 5.82 Å². The van der Waals surface area contributed by atoms with Gasteiger partial charge in [-0.05, 0) is 56.7 Å². The van der Waals surface area contributed by atoms with Gasteiger partial charge < -0.3 is 15.4 Å². The number of halogens is 2. The van der Waals surface area contributed by atoms with Crippen molar-refractivity contribution in [1.29, 1.82) is 0 Å². The van der Waals surface area contributed by atoms with Crippen LogP contribution < -0.4 is 10.6 Å². The first-order valence-electron chi connectivity index (χ1n) is 8.43. The minimum absolute atomic E-state index is 0.194. The van der Waals surface area contributed by atoms with Gasteiger partial charge >= 0.3 is 6.09 Å². The molecule has 2 N–H and O–H groups in total. The maximum atomic E-state index is 13.1. The van der Waals surface area contributed by atoms with Crippen molar-refractivity contribution in [3.05, 3.63) is 64.4 Å². The summed E-state index contributed by atoms with van der Waals surface area (Å²) in [4.78, 5) is 24.9. The van der Waals surface area contributed by atoms with Crippen LogP contribution in [0.15, 0.2) is 53.0 Å². The second-order valence-corrected chi connectivity index (χ2v) is 7.94. The summed E-state index contributed by atoms with van der Waals surface area (Å²) in [6.45, 7) is 5.22. The van der Waals surface area contributed by atoms with Crippen molar-refractivity contribution in [3.63, 3.8) is 0 Å². The highest BCUT2D eigenvalue weighted by Gasteiger charge is 2.25. The lowest BCUT2D eigenvalue weighted by Gasteiger charge is -2.23. The van der Waals surface area contributed by atoms with Crippen molar-refractivity contribution in [3.8, 4) is 0 Å². The zero-order valence-electron chi connectivity index (χ0n) is 15.4. The maximum absolute atomic E-state index is 13.1. The Labute approximate surface area is 166 Å². The molecule has 7 heteroatoms. The molecule has 0 heterocycles. The van der Waals surface area contributed by atoms with Crippen molar-refractivity contribution < 1.29 is 18.7 Å². The topological polar surface area (TPSA) is 67.4 Å². The van der Waals surface area contributed by atoms with E-state index in [1.165, 1.54) is 12.1 Å². The Bertz CT molecular complexity index is 804. The van der Waals surface area contributed by atoms with E-state index in [1.807, 2.05) is 6.07 Å². The van der Waals surface area contributed by atoms with Gasteiger partial charge in [-0.25, -0.2) is 9.18 Å². The first kappa shape index (κ1) is 20.9. The molecule has 0 saturated heterocycles. The lowest BCUT2D eigenvalue weighted by Crippen LogP contribution is -2.47. The van der Waals surface area contributed by atoms with E-state index >= 15 is 0 Å². The number of carbonyl (C=O) groups excluding carboxylic acids is 2. The van der Waals surface area contributed by atoms with E-state index in [9.17, 15) is 14.0 Å². The number of benzene rings is 2. The van der Waals surface area contributed by atoms with Crippen LogP contribution in [0.5, 0.6) is 0 Å². The van der Waals surface area contributed by atoms with Gasteiger partial charge in [-0.1, -0.05) is 34.1 Å². The fourth-order valence-corrected chi connectivity index (χ4v) is 2.71. The minimum Gasteiger partial charge on any atom is -0.444 e. The number of carbonyl (C=O) groups is 2. The standard InChI is InChI=1S/C20H22BrFN2O3/c1-20(2,3)27-19(26)24-17(11-13-7-9-15(22)10-8-13)18(25)23-16-6-4-5-14(21)12-16/h4-10,12,17H,11H2,1-3H3,(H,23,25)(H,24,26). The Morgan fingerprint density at radius 1 is 1.15 bits per heavy atom. The Morgan fingerprint density at radius 2 is 1.81 bits per heavy atom. The zero-order valence-corrected chi connectivity index (χ0v) is 17.0. The summed E-state index contributed by atoms with van der Waals surface area (Å²) in [6.07, 6.45) is -0.502. The number of hydrogen-bond donors (Lipinski definition) is 2. The first-order chi connectivity index (χ1) is 12.6. The third-order valence-electron chi connectivity index (χ3n) is 3.45. The van der Waals surface area contributed by atoms with Crippen molar-refractivity contribution in [2.24, 2.45) is 0 Å². The van der Waals surface area contributed by atoms with E-state index in [0.29, 0.717) is 11.3 Å². The van der Waals surface area contributed by atoms with Gasteiger partial charge in [0, 0.05) is 16.6 Å². The molecule has 0 radical (unpaired) electrons. The van der Waals surface area contributed by atoms with Gasteiger partial charge in [0.05, 0.1) is 0 Å². The van der Waals surface area contributed by atoms with E-state index in [2.05, 4.69) is 26.6 Å². The summed E-state index contributed by atoms with van der Waals surface area (Å²) >= 11 is 3.35. The quantitative estimate of drug-likeness (QED) is 0.715. The largest absolute Gasteiger partial charge is 0.444 e. The van der Waals surface area contributed by atoms with Crippen LogP contribution in [0.2, 0.25) is 0 Å². The molecular formula is C20H22BrFN2O3. The fraction of sp³-hybridized carbons (Fsp3) is 0.300. The lowest BCUT2D eigenvalue weighted by molar-refractivity contribution is -0.118. The van der Waals surface area contributed by atoms with Crippen LogP contribution in [0.3, 0.4) is 0 Å². The van der Waals surface area contributed by atoms with Crippen molar-refractivity contribution in [1.82, 2.24) is 5.32 Å². The molecular weight excluding hydrogens is 415 g/mol. The second kappa shape index (κ2) is 8.99. The number of amides is 2. The van der Waals surface area contributed by atoms with Crippen LogP contribution in [0.4, 0.5) is 14.9 Å².